The van der Waals surface area contributed by atoms with Crippen LogP contribution in [0.2, 0.25) is 0 Å². The van der Waals surface area contributed by atoms with Gasteiger partial charge in [0.1, 0.15) is 0 Å². The van der Waals surface area contributed by atoms with Crippen molar-refractivity contribution in [3.05, 3.63) is 35.4 Å². The van der Waals surface area contributed by atoms with Gasteiger partial charge in [0, 0.05) is 26.2 Å². The molecule has 1 aliphatic heterocycles. The predicted octanol–water partition coefficient (Wildman–Crippen LogP) is 2.65. The Labute approximate surface area is 111 Å². The van der Waals surface area contributed by atoms with E-state index in [0.29, 0.717) is 5.92 Å². The first-order valence-electron chi connectivity index (χ1n) is 7.27. The van der Waals surface area contributed by atoms with E-state index >= 15 is 0 Å². The molecule has 0 bridgehead atoms. The van der Waals surface area contributed by atoms with E-state index in [1.165, 1.54) is 43.6 Å². The van der Waals surface area contributed by atoms with Crippen molar-refractivity contribution in [3.8, 4) is 0 Å². The summed E-state index contributed by atoms with van der Waals surface area (Å²) in [5.74, 6) is 0.639. The third kappa shape index (κ3) is 4.11. The van der Waals surface area contributed by atoms with Gasteiger partial charge in [0.15, 0.2) is 0 Å². The first-order chi connectivity index (χ1) is 8.75. The van der Waals surface area contributed by atoms with Crippen LogP contribution in [0.3, 0.4) is 0 Å². The molecule has 0 saturated carbocycles. The average molecular weight is 246 g/mol. The molecule has 18 heavy (non-hydrogen) atoms. The Morgan fingerprint density at radius 3 is 2.39 bits per heavy atom. The SMILES string of the molecule is CC(C)c1ccc(CCCN2CCNCC2)cc1. The van der Waals surface area contributed by atoms with Crippen molar-refractivity contribution in [2.75, 3.05) is 32.7 Å². The second-order valence-electron chi connectivity index (χ2n) is 5.59. The number of nitrogens with zero attached hydrogens (tertiary/aromatic N) is 1. The summed E-state index contributed by atoms with van der Waals surface area (Å²) in [5.41, 5.74) is 2.93. The Kier molecular flexibility index (Phi) is 5.21. The molecule has 100 valence electrons. The second kappa shape index (κ2) is 6.91. The highest BCUT2D eigenvalue weighted by Crippen LogP contribution is 2.15. The predicted molar refractivity (Wildman–Crippen MR) is 78.2 cm³/mol. The van der Waals surface area contributed by atoms with E-state index < -0.39 is 0 Å². The Bertz CT molecular complexity index is 337. The molecule has 1 aromatic rings. The van der Waals surface area contributed by atoms with Crippen LogP contribution in [0.1, 0.15) is 37.3 Å². The molecule has 0 radical (unpaired) electrons. The zero-order chi connectivity index (χ0) is 12.8. The third-order valence-corrected chi connectivity index (χ3v) is 3.80. The lowest BCUT2D eigenvalue weighted by Crippen LogP contribution is -2.43. The zero-order valence-corrected chi connectivity index (χ0v) is 11.8. The normalized spacial score (nSPS) is 17.3. The molecule has 1 aliphatic rings. The number of hydrogen-bond acceptors (Lipinski definition) is 2. The summed E-state index contributed by atoms with van der Waals surface area (Å²) in [6.07, 6.45) is 2.49. The Morgan fingerprint density at radius 1 is 1.11 bits per heavy atom. The molecule has 1 fully saturated rings. The fraction of sp³-hybridized carbons (Fsp3) is 0.625. The molecule has 0 amide bonds. The van der Waals surface area contributed by atoms with Crippen LogP contribution in [0, 0.1) is 0 Å². The Morgan fingerprint density at radius 2 is 1.78 bits per heavy atom. The minimum absolute atomic E-state index is 0.639. The summed E-state index contributed by atoms with van der Waals surface area (Å²) in [7, 11) is 0. The van der Waals surface area contributed by atoms with Crippen LogP contribution in [0.25, 0.3) is 0 Å². The fourth-order valence-electron chi connectivity index (χ4n) is 2.51. The number of nitrogens with one attached hydrogen (secondary N) is 1. The Hall–Kier alpha value is -0.860. The van der Waals surface area contributed by atoms with Gasteiger partial charge in [-0.1, -0.05) is 38.1 Å². The van der Waals surface area contributed by atoms with E-state index in [1.54, 1.807) is 0 Å². The molecular weight excluding hydrogens is 220 g/mol. The zero-order valence-electron chi connectivity index (χ0n) is 11.8. The lowest BCUT2D eigenvalue weighted by Gasteiger charge is -2.27. The molecule has 1 saturated heterocycles. The summed E-state index contributed by atoms with van der Waals surface area (Å²) in [6, 6.07) is 9.16. The van der Waals surface area contributed by atoms with Gasteiger partial charge in [-0.3, -0.25) is 0 Å². The Balaban J connectivity index is 1.72. The first-order valence-corrected chi connectivity index (χ1v) is 7.27. The van der Waals surface area contributed by atoms with Crippen LogP contribution >= 0.6 is 0 Å². The van der Waals surface area contributed by atoms with Crippen molar-refractivity contribution in [2.45, 2.75) is 32.6 Å². The lowest BCUT2D eigenvalue weighted by molar-refractivity contribution is 0.238. The molecule has 0 atom stereocenters. The van der Waals surface area contributed by atoms with Crippen molar-refractivity contribution in [2.24, 2.45) is 0 Å². The van der Waals surface area contributed by atoms with Gasteiger partial charge >= 0.3 is 0 Å². The number of piperazine rings is 1. The van der Waals surface area contributed by atoms with Crippen molar-refractivity contribution >= 4 is 0 Å². The molecule has 2 rings (SSSR count). The summed E-state index contributed by atoms with van der Waals surface area (Å²) in [5, 5.41) is 3.40. The lowest BCUT2D eigenvalue weighted by atomic mass is 10.0. The van der Waals surface area contributed by atoms with Gasteiger partial charge in [-0.05, 0) is 36.4 Å². The quantitative estimate of drug-likeness (QED) is 0.859. The van der Waals surface area contributed by atoms with Crippen molar-refractivity contribution in [1.82, 2.24) is 10.2 Å². The number of aryl methyl sites for hydroxylation is 1. The van der Waals surface area contributed by atoms with Crippen LogP contribution in [-0.4, -0.2) is 37.6 Å². The maximum atomic E-state index is 3.40. The summed E-state index contributed by atoms with van der Waals surface area (Å²) in [6.45, 7) is 10.5. The highest BCUT2D eigenvalue weighted by molar-refractivity contribution is 5.24. The van der Waals surface area contributed by atoms with E-state index in [4.69, 9.17) is 0 Å². The number of benzene rings is 1. The van der Waals surface area contributed by atoms with Crippen LogP contribution in [0.4, 0.5) is 0 Å². The van der Waals surface area contributed by atoms with E-state index in [1.807, 2.05) is 0 Å². The monoisotopic (exact) mass is 246 g/mol. The molecule has 1 heterocycles. The average Bonchev–Trinajstić information content (AvgIpc) is 2.40. The standard InChI is InChI=1S/C16H26N2/c1-14(2)16-7-5-15(6-8-16)4-3-11-18-12-9-17-10-13-18/h5-8,14,17H,3-4,9-13H2,1-2H3. The molecule has 0 aliphatic carbocycles. The second-order valence-corrected chi connectivity index (χ2v) is 5.59. The molecule has 1 N–H and O–H groups in total. The highest BCUT2D eigenvalue weighted by atomic mass is 15.2. The van der Waals surface area contributed by atoms with Gasteiger partial charge in [-0.25, -0.2) is 0 Å². The largest absolute Gasteiger partial charge is 0.314 e. The van der Waals surface area contributed by atoms with Gasteiger partial charge < -0.3 is 10.2 Å². The number of hydrogen-bond donors (Lipinski definition) is 1. The van der Waals surface area contributed by atoms with E-state index in [-0.39, 0.29) is 0 Å². The van der Waals surface area contributed by atoms with Crippen molar-refractivity contribution in [3.63, 3.8) is 0 Å². The van der Waals surface area contributed by atoms with Gasteiger partial charge in [0.05, 0.1) is 0 Å². The smallest absolute Gasteiger partial charge is 0.0107 e. The first kappa shape index (κ1) is 13.6. The molecule has 0 spiro atoms. The van der Waals surface area contributed by atoms with Gasteiger partial charge in [-0.2, -0.15) is 0 Å². The maximum absolute atomic E-state index is 3.40. The summed E-state index contributed by atoms with van der Waals surface area (Å²) in [4.78, 5) is 2.57. The molecule has 2 nitrogen and oxygen atoms in total. The molecular formula is C16H26N2. The highest BCUT2D eigenvalue weighted by Gasteiger charge is 2.08. The molecule has 0 unspecified atom stereocenters. The van der Waals surface area contributed by atoms with E-state index in [0.717, 1.165) is 13.1 Å². The van der Waals surface area contributed by atoms with E-state index in [2.05, 4.69) is 48.3 Å². The van der Waals surface area contributed by atoms with Gasteiger partial charge in [0.2, 0.25) is 0 Å². The number of rotatable bonds is 5. The third-order valence-electron chi connectivity index (χ3n) is 3.80. The topological polar surface area (TPSA) is 15.3 Å². The van der Waals surface area contributed by atoms with E-state index in [9.17, 15) is 0 Å². The van der Waals surface area contributed by atoms with Crippen molar-refractivity contribution < 1.29 is 0 Å². The maximum Gasteiger partial charge on any atom is 0.0107 e. The van der Waals surface area contributed by atoms with Crippen molar-refractivity contribution in [1.29, 1.82) is 0 Å². The summed E-state index contributed by atoms with van der Waals surface area (Å²) < 4.78 is 0. The minimum Gasteiger partial charge on any atom is -0.314 e. The molecule has 2 heteroatoms. The molecule has 1 aromatic carbocycles. The molecule has 0 aromatic heterocycles. The van der Waals surface area contributed by atoms with Gasteiger partial charge in [0.25, 0.3) is 0 Å². The van der Waals surface area contributed by atoms with Crippen LogP contribution in [-0.2, 0) is 6.42 Å². The fourth-order valence-corrected chi connectivity index (χ4v) is 2.51. The minimum atomic E-state index is 0.639. The van der Waals surface area contributed by atoms with Crippen LogP contribution < -0.4 is 5.32 Å². The van der Waals surface area contributed by atoms with Gasteiger partial charge in [-0.15, -0.1) is 0 Å². The van der Waals surface area contributed by atoms with Crippen LogP contribution in [0.5, 0.6) is 0 Å². The van der Waals surface area contributed by atoms with Crippen LogP contribution in [0.15, 0.2) is 24.3 Å². The summed E-state index contributed by atoms with van der Waals surface area (Å²) >= 11 is 0.